The molecule has 0 fully saturated rings. The molecule has 0 saturated carbocycles. The summed E-state index contributed by atoms with van der Waals surface area (Å²) in [6.07, 6.45) is 0.600. The first-order valence-electron chi connectivity index (χ1n) is 6.64. The van der Waals surface area contributed by atoms with Gasteiger partial charge in [-0.15, -0.1) is 0 Å². The molecular weight excluding hydrogens is 376 g/mol. The summed E-state index contributed by atoms with van der Waals surface area (Å²) in [7, 11) is 0. The Labute approximate surface area is 142 Å². The molecule has 1 atom stereocenters. The van der Waals surface area contributed by atoms with Gasteiger partial charge in [-0.3, -0.25) is 0 Å². The zero-order chi connectivity index (χ0) is 15.4. The normalized spacial score (nSPS) is 12.4. The fourth-order valence-corrected chi connectivity index (χ4v) is 2.92. The fourth-order valence-electron chi connectivity index (χ4n) is 2.23. The molecule has 0 radical (unpaired) electrons. The molecule has 0 aliphatic carbocycles. The summed E-state index contributed by atoms with van der Waals surface area (Å²) in [5, 5.41) is 4.08. The maximum absolute atomic E-state index is 14.4. The molecule has 5 heteroatoms. The average molecular weight is 391 g/mol. The van der Waals surface area contributed by atoms with Crippen LogP contribution >= 0.6 is 39.1 Å². The molecule has 112 valence electrons. The van der Waals surface area contributed by atoms with E-state index < -0.39 is 5.82 Å². The molecule has 0 heterocycles. The van der Waals surface area contributed by atoms with E-state index in [1.165, 1.54) is 0 Å². The second kappa shape index (κ2) is 7.59. The zero-order valence-electron chi connectivity index (χ0n) is 11.5. The van der Waals surface area contributed by atoms with Gasteiger partial charge in [0.15, 0.2) is 0 Å². The van der Waals surface area contributed by atoms with E-state index in [-0.39, 0.29) is 11.1 Å². The molecule has 21 heavy (non-hydrogen) atoms. The van der Waals surface area contributed by atoms with Gasteiger partial charge in [0.25, 0.3) is 0 Å². The number of hydrogen-bond donors (Lipinski definition) is 1. The van der Waals surface area contributed by atoms with Crippen LogP contribution in [0.3, 0.4) is 0 Å². The smallest absolute Gasteiger partial charge is 0.147 e. The van der Waals surface area contributed by atoms with Crippen molar-refractivity contribution >= 4 is 39.1 Å². The van der Waals surface area contributed by atoms with E-state index in [0.29, 0.717) is 21.5 Å². The van der Waals surface area contributed by atoms with E-state index in [2.05, 4.69) is 21.2 Å². The Morgan fingerprint density at radius 3 is 2.57 bits per heavy atom. The molecule has 2 aromatic rings. The number of benzene rings is 2. The molecule has 1 nitrogen and oxygen atoms in total. The van der Waals surface area contributed by atoms with Crippen LogP contribution in [0.5, 0.6) is 0 Å². The highest BCUT2D eigenvalue weighted by atomic mass is 79.9. The lowest BCUT2D eigenvalue weighted by Gasteiger charge is -2.20. The molecule has 0 saturated heterocycles. The number of likely N-dealkylation sites (N-methyl/N-ethyl adjacent to an activating group) is 1. The van der Waals surface area contributed by atoms with Gasteiger partial charge in [0.05, 0.1) is 5.02 Å². The third-order valence-corrected chi connectivity index (χ3v) is 4.90. The van der Waals surface area contributed by atoms with Crippen molar-refractivity contribution in [2.45, 2.75) is 19.4 Å². The van der Waals surface area contributed by atoms with Crippen molar-refractivity contribution in [3.8, 4) is 0 Å². The Bertz CT molecular complexity index is 634. The lowest BCUT2D eigenvalue weighted by molar-refractivity contribution is 0.510. The standard InChI is InChI=1S/C16H15BrCl2FN/c1-2-21-14(9-10-5-3-4-6-13(10)18)11-7-8-12(17)15(19)16(11)20/h3-8,14,21H,2,9H2,1H3. The Kier molecular flexibility index (Phi) is 6.06. The monoisotopic (exact) mass is 389 g/mol. The predicted octanol–water partition coefficient (Wildman–Crippen LogP) is 5.79. The third-order valence-electron chi connectivity index (χ3n) is 3.27. The first kappa shape index (κ1) is 16.8. The van der Waals surface area contributed by atoms with Gasteiger partial charge < -0.3 is 5.32 Å². The van der Waals surface area contributed by atoms with Gasteiger partial charge in [-0.05, 0) is 46.6 Å². The van der Waals surface area contributed by atoms with E-state index >= 15 is 0 Å². The lowest BCUT2D eigenvalue weighted by Crippen LogP contribution is -2.24. The SMILES string of the molecule is CCNC(Cc1ccccc1Cl)c1ccc(Br)c(Cl)c1F. The molecular formula is C16H15BrCl2FN. The van der Waals surface area contributed by atoms with E-state index in [4.69, 9.17) is 23.2 Å². The van der Waals surface area contributed by atoms with E-state index in [0.717, 1.165) is 12.1 Å². The molecule has 0 aliphatic heterocycles. The van der Waals surface area contributed by atoms with Gasteiger partial charge in [-0.1, -0.05) is 54.4 Å². The highest BCUT2D eigenvalue weighted by Gasteiger charge is 2.19. The summed E-state index contributed by atoms with van der Waals surface area (Å²) in [6, 6.07) is 10.9. The minimum atomic E-state index is -0.399. The van der Waals surface area contributed by atoms with Crippen molar-refractivity contribution in [1.82, 2.24) is 5.32 Å². The summed E-state index contributed by atoms with van der Waals surface area (Å²) >= 11 is 15.4. The van der Waals surface area contributed by atoms with Crippen molar-refractivity contribution in [3.05, 3.63) is 67.9 Å². The van der Waals surface area contributed by atoms with Crippen molar-refractivity contribution in [2.24, 2.45) is 0 Å². The third kappa shape index (κ3) is 3.98. The molecule has 1 N–H and O–H groups in total. The Morgan fingerprint density at radius 1 is 1.19 bits per heavy atom. The van der Waals surface area contributed by atoms with Gasteiger partial charge in [-0.2, -0.15) is 0 Å². The Morgan fingerprint density at radius 2 is 1.90 bits per heavy atom. The summed E-state index contributed by atoms with van der Waals surface area (Å²) in [5.41, 5.74) is 1.52. The average Bonchev–Trinajstić information content (AvgIpc) is 2.47. The van der Waals surface area contributed by atoms with Crippen molar-refractivity contribution in [2.75, 3.05) is 6.54 Å². The van der Waals surface area contributed by atoms with Gasteiger partial charge in [0.1, 0.15) is 5.82 Å². The number of nitrogens with one attached hydrogen (secondary N) is 1. The molecule has 2 aromatic carbocycles. The minimum Gasteiger partial charge on any atom is -0.310 e. The van der Waals surface area contributed by atoms with Crippen LogP contribution < -0.4 is 5.32 Å². The Hall–Kier alpha value is -0.610. The van der Waals surface area contributed by atoms with Crippen LogP contribution in [0.15, 0.2) is 40.9 Å². The predicted molar refractivity (Wildman–Crippen MR) is 90.7 cm³/mol. The van der Waals surface area contributed by atoms with E-state index in [9.17, 15) is 4.39 Å². The maximum atomic E-state index is 14.4. The van der Waals surface area contributed by atoms with Crippen LogP contribution in [0, 0.1) is 5.82 Å². The topological polar surface area (TPSA) is 12.0 Å². The molecule has 0 aliphatic rings. The quantitative estimate of drug-likeness (QED) is 0.637. The maximum Gasteiger partial charge on any atom is 0.147 e. The highest BCUT2D eigenvalue weighted by molar-refractivity contribution is 9.10. The lowest BCUT2D eigenvalue weighted by atomic mass is 9.98. The van der Waals surface area contributed by atoms with Crippen LogP contribution in [0.4, 0.5) is 4.39 Å². The van der Waals surface area contributed by atoms with Crippen LogP contribution in [-0.2, 0) is 6.42 Å². The van der Waals surface area contributed by atoms with Crippen LogP contribution in [-0.4, -0.2) is 6.54 Å². The number of rotatable bonds is 5. The summed E-state index contributed by atoms with van der Waals surface area (Å²) in [4.78, 5) is 0. The molecule has 0 bridgehead atoms. The van der Waals surface area contributed by atoms with Gasteiger partial charge in [0.2, 0.25) is 0 Å². The van der Waals surface area contributed by atoms with E-state index in [1.807, 2.05) is 31.2 Å². The number of hydrogen-bond acceptors (Lipinski definition) is 1. The first-order chi connectivity index (χ1) is 10.0. The highest BCUT2D eigenvalue weighted by Crippen LogP contribution is 2.32. The fraction of sp³-hybridized carbons (Fsp3) is 0.250. The van der Waals surface area contributed by atoms with Crippen LogP contribution in [0.1, 0.15) is 24.1 Å². The van der Waals surface area contributed by atoms with Crippen molar-refractivity contribution < 1.29 is 4.39 Å². The molecule has 0 amide bonds. The molecule has 0 spiro atoms. The second-order valence-corrected chi connectivity index (χ2v) is 6.31. The van der Waals surface area contributed by atoms with Gasteiger partial charge >= 0.3 is 0 Å². The van der Waals surface area contributed by atoms with Crippen LogP contribution in [0.2, 0.25) is 10.0 Å². The Balaban J connectivity index is 2.36. The zero-order valence-corrected chi connectivity index (χ0v) is 14.6. The number of halogens is 4. The summed E-state index contributed by atoms with van der Waals surface area (Å²) in [5.74, 6) is -0.399. The second-order valence-electron chi connectivity index (χ2n) is 4.67. The van der Waals surface area contributed by atoms with Crippen molar-refractivity contribution in [1.29, 1.82) is 0 Å². The molecule has 1 unspecified atom stereocenters. The van der Waals surface area contributed by atoms with Crippen LogP contribution in [0.25, 0.3) is 0 Å². The molecule has 0 aromatic heterocycles. The first-order valence-corrected chi connectivity index (χ1v) is 8.19. The van der Waals surface area contributed by atoms with Gasteiger partial charge in [0, 0.05) is 21.1 Å². The van der Waals surface area contributed by atoms with E-state index in [1.54, 1.807) is 12.1 Å². The largest absolute Gasteiger partial charge is 0.310 e. The summed E-state index contributed by atoms with van der Waals surface area (Å²) < 4.78 is 15.0. The van der Waals surface area contributed by atoms with Gasteiger partial charge in [-0.25, -0.2) is 4.39 Å². The van der Waals surface area contributed by atoms with Crippen molar-refractivity contribution in [3.63, 3.8) is 0 Å². The summed E-state index contributed by atoms with van der Waals surface area (Å²) in [6.45, 7) is 2.71. The molecule has 2 rings (SSSR count). The minimum absolute atomic E-state index is 0.106.